The van der Waals surface area contributed by atoms with Gasteiger partial charge in [-0.25, -0.2) is 0 Å². The van der Waals surface area contributed by atoms with Crippen LogP contribution >= 0.6 is 0 Å². The molecule has 120 valence electrons. The molecule has 0 fully saturated rings. The van der Waals surface area contributed by atoms with Gasteiger partial charge in [0, 0.05) is 32.3 Å². The predicted octanol–water partition coefficient (Wildman–Crippen LogP) is 3.26. The number of benzene rings is 1. The quantitative estimate of drug-likeness (QED) is 0.670. The fourth-order valence-corrected chi connectivity index (χ4v) is 2.66. The summed E-state index contributed by atoms with van der Waals surface area (Å²) in [5.41, 5.74) is 2.77. The largest absolute Gasteiger partial charge is 0.385 e. The fraction of sp³-hybridized carbons (Fsp3) is 0.667. The van der Waals surface area contributed by atoms with Gasteiger partial charge in [0.1, 0.15) is 0 Å². The SMILES string of the molecule is CCNC(c1ccc(CC)cc1)C(C)N(C)CCCOC. The van der Waals surface area contributed by atoms with E-state index in [1.54, 1.807) is 7.11 Å². The van der Waals surface area contributed by atoms with Gasteiger partial charge in [0.05, 0.1) is 0 Å². The van der Waals surface area contributed by atoms with Crippen LogP contribution in [0.4, 0.5) is 0 Å². The molecule has 0 aromatic heterocycles. The van der Waals surface area contributed by atoms with Crippen LogP contribution in [-0.4, -0.2) is 44.8 Å². The van der Waals surface area contributed by atoms with Gasteiger partial charge in [-0.3, -0.25) is 0 Å². The second-order valence-electron chi connectivity index (χ2n) is 5.70. The minimum absolute atomic E-state index is 0.369. The lowest BCUT2D eigenvalue weighted by Gasteiger charge is -2.33. The zero-order chi connectivity index (χ0) is 15.7. The van der Waals surface area contributed by atoms with Crippen molar-refractivity contribution in [2.24, 2.45) is 0 Å². The molecule has 0 amide bonds. The highest BCUT2D eigenvalue weighted by molar-refractivity contribution is 5.26. The molecule has 0 aliphatic heterocycles. The van der Waals surface area contributed by atoms with E-state index in [2.05, 4.69) is 62.3 Å². The summed E-state index contributed by atoms with van der Waals surface area (Å²) < 4.78 is 5.15. The topological polar surface area (TPSA) is 24.5 Å². The van der Waals surface area contributed by atoms with Crippen LogP contribution in [0.3, 0.4) is 0 Å². The number of methoxy groups -OCH3 is 1. The van der Waals surface area contributed by atoms with Gasteiger partial charge in [0.25, 0.3) is 0 Å². The zero-order valence-electron chi connectivity index (χ0n) is 14.4. The van der Waals surface area contributed by atoms with E-state index in [1.165, 1.54) is 11.1 Å². The first kappa shape index (κ1) is 18.1. The standard InChI is InChI=1S/C18H32N2O/c1-6-16-9-11-17(12-10-16)18(19-7-2)15(3)20(4)13-8-14-21-5/h9-12,15,18-19H,6-8,13-14H2,1-5H3. The third kappa shape index (κ3) is 5.77. The number of hydrogen-bond donors (Lipinski definition) is 1. The molecule has 1 rings (SSSR count). The number of nitrogens with one attached hydrogen (secondary N) is 1. The maximum absolute atomic E-state index is 5.15. The van der Waals surface area contributed by atoms with Gasteiger partial charge < -0.3 is 15.0 Å². The highest BCUT2D eigenvalue weighted by Gasteiger charge is 2.21. The van der Waals surface area contributed by atoms with Crippen molar-refractivity contribution in [2.45, 2.75) is 45.7 Å². The Kier molecular flexibility index (Phi) is 8.58. The van der Waals surface area contributed by atoms with Crippen LogP contribution in [0.15, 0.2) is 24.3 Å². The Morgan fingerprint density at radius 3 is 2.38 bits per heavy atom. The Bertz CT molecular complexity index is 377. The van der Waals surface area contributed by atoms with E-state index in [-0.39, 0.29) is 0 Å². The summed E-state index contributed by atoms with van der Waals surface area (Å²) in [6.07, 6.45) is 2.17. The van der Waals surface area contributed by atoms with Crippen molar-refractivity contribution in [2.75, 3.05) is 33.9 Å². The monoisotopic (exact) mass is 292 g/mol. The highest BCUT2D eigenvalue weighted by Crippen LogP contribution is 2.21. The molecule has 3 nitrogen and oxygen atoms in total. The van der Waals surface area contributed by atoms with Gasteiger partial charge in [0.15, 0.2) is 0 Å². The molecule has 1 N–H and O–H groups in total. The van der Waals surface area contributed by atoms with Crippen LogP contribution in [-0.2, 0) is 11.2 Å². The molecule has 0 bridgehead atoms. The van der Waals surface area contributed by atoms with Crippen molar-refractivity contribution in [3.05, 3.63) is 35.4 Å². The predicted molar refractivity (Wildman–Crippen MR) is 90.8 cm³/mol. The van der Waals surface area contributed by atoms with Gasteiger partial charge in [-0.05, 0) is 44.5 Å². The molecule has 2 unspecified atom stereocenters. The number of ether oxygens (including phenoxy) is 1. The third-order valence-corrected chi connectivity index (χ3v) is 4.21. The van der Waals surface area contributed by atoms with Crippen LogP contribution in [0.1, 0.15) is 44.4 Å². The maximum Gasteiger partial charge on any atom is 0.0475 e. The fourth-order valence-electron chi connectivity index (χ4n) is 2.66. The first-order chi connectivity index (χ1) is 10.1. The minimum Gasteiger partial charge on any atom is -0.385 e. The van der Waals surface area contributed by atoms with Crippen LogP contribution in [0.25, 0.3) is 0 Å². The third-order valence-electron chi connectivity index (χ3n) is 4.21. The number of aryl methyl sites for hydroxylation is 1. The van der Waals surface area contributed by atoms with Crippen molar-refractivity contribution in [3.8, 4) is 0 Å². The number of hydrogen-bond acceptors (Lipinski definition) is 3. The van der Waals surface area contributed by atoms with Gasteiger partial charge in [-0.1, -0.05) is 38.1 Å². The Morgan fingerprint density at radius 2 is 1.86 bits per heavy atom. The molecular weight excluding hydrogens is 260 g/mol. The Balaban J connectivity index is 2.73. The first-order valence-corrected chi connectivity index (χ1v) is 8.15. The van der Waals surface area contributed by atoms with E-state index in [4.69, 9.17) is 4.74 Å². The lowest BCUT2D eigenvalue weighted by atomic mass is 9.97. The summed E-state index contributed by atoms with van der Waals surface area (Å²) >= 11 is 0. The second-order valence-corrected chi connectivity index (χ2v) is 5.70. The molecule has 1 aromatic rings. The summed E-state index contributed by atoms with van der Waals surface area (Å²) in [5, 5.41) is 3.63. The highest BCUT2D eigenvalue weighted by atomic mass is 16.5. The Labute approximate surface area is 130 Å². The van der Waals surface area contributed by atoms with Gasteiger partial charge in [-0.15, -0.1) is 0 Å². The molecule has 0 radical (unpaired) electrons. The maximum atomic E-state index is 5.15. The number of nitrogens with zero attached hydrogens (tertiary/aromatic N) is 1. The normalized spacial score (nSPS) is 14.4. The molecule has 1 aromatic carbocycles. The van der Waals surface area contributed by atoms with Crippen LogP contribution < -0.4 is 5.32 Å². The summed E-state index contributed by atoms with van der Waals surface area (Å²) in [5.74, 6) is 0. The van der Waals surface area contributed by atoms with E-state index in [1.807, 2.05) is 0 Å². The Hall–Kier alpha value is -0.900. The van der Waals surface area contributed by atoms with E-state index in [0.29, 0.717) is 12.1 Å². The van der Waals surface area contributed by atoms with E-state index >= 15 is 0 Å². The Morgan fingerprint density at radius 1 is 1.19 bits per heavy atom. The smallest absolute Gasteiger partial charge is 0.0475 e. The van der Waals surface area contributed by atoms with Crippen molar-refractivity contribution >= 4 is 0 Å². The van der Waals surface area contributed by atoms with Gasteiger partial charge in [0.2, 0.25) is 0 Å². The molecule has 0 heterocycles. The van der Waals surface area contributed by atoms with Crippen molar-refractivity contribution in [1.29, 1.82) is 0 Å². The first-order valence-electron chi connectivity index (χ1n) is 8.15. The summed E-state index contributed by atoms with van der Waals surface area (Å²) in [7, 11) is 3.96. The van der Waals surface area contributed by atoms with Crippen molar-refractivity contribution in [3.63, 3.8) is 0 Å². The van der Waals surface area contributed by atoms with Gasteiger partial charge >= 0.3 is 0 Å². The molecule has 0 aliphatic carbocycles. The summed E-state index contributed by atoms with van der Waals surface area (Å²) in [6, 6.07) is 9.86. The molecule has 0 spiro atoms. The van der Waals surface area contributed by atoms with Crippen molar-refractivity contribution in [1.82, 2.24) is 10.2 Å². The average Bonchev–Trinajstić information content (AvgIpc) is 2.52. The molecule has 0 aliphatic rings. The van der Waals surface area contributed by atoms with E-state index < -0.39 is 0 Å². The summed E-state index contributed by atoms with van der Waals surface area (Å²) in [6.45, 7) is 9.54. The van der Waals surface area contributed by atoms with Crippen LogP contribution in [0.2, 0.25) is 0 Å². The molecule has 3 heteroatoms. The molecule has 0 saturated heterocycles. The average molecular weight is 292 g/mol. The second kappa shape index (κ2) is 9.93. The van der Waals surface area contributed by atoms with E-state index in [9.17, 15) is 0 Å². The molecule has 2 atom stereocenters. The zero-order valence-corrected chi connectivity index (χ0v) is 14.4. The molecular formula is C18H32N2O. The van der Waals surface area contributed by atoms with Crippen LogP contribution in [0.5, 0.6) is 0 Å². The van der Waals surface area contributed by atoms with Gasteiger partial charge in [-0.2, -0.15) is 0 Å². The van der Waals surface area contributed by atoms with Crippen molar-refractivity contribution < 1.29 is 4.74 Å². The van der Waals surface area contributed by atoms with E-state index in [0.717, 1.165) is 32.5 Å². The minimum atomic E-state index is 0.369. The molecule has 21 heavy (non-hydrogen) atoms. The summed E-state index contributed by atoms with van der Waals surface area (Å²) in [4.78, 5) is 2.42. The lowest BCUT2D eigenvalue weighted by molar-refractivity contribution is 0.156. The van der Waals surface area contributed by atoms with Crippen LogP contribution in [0, 0.1) is 0 Å². The number of rotatable bonds is 10. The lowest BCUT2D eigenvalue weighted by Crippen LogP contribution is -2.41. The number of likely N-dealkylation sites (N-methyl/N-ethyl adjacent to an activating group) is 2. The molecule has 0 saturated carbocycles.